The number of hydrogen-bond acceptors (Lipinski definition) is 5. The molecule has 0 radical (unpaired) electrons. The van der Waals surface area contributed by atoms with E-state index in [1.165, 1.54) is 11.2 Å². The first-order valence-electron chi connectivity index (χ1n) is 9.24. The summed E-state index contributed by atoms with van der Waals surface area (Å²) in [6.45, 7) is 0.244. The molecule has 8 nitrogen and oxygen atoms in total. The molecule has 0 unspecified atom stereocenters. The van der Waals surface area contributed by atoms with Crippen LogP contribution in [0.15, 0.2) is 63.8 Å². The zero-order chi connectivity index (χ0) is 20.0. The maximum Gasteiger partial charge on any atom is 0.287 e. The quantitative estimate of drug-likeness (QED) is 0.714. The molecule has 4 heterocycles. The number of benzene rings is 1. The summed E-state index contributed by atoms with van der Waals surface area (Å²) in [4.78, 5) is 39.7. The van der Waals surface area contributed by atoms with Crippen LogP contribution in [0.5, 0.6) is 0 Å². The van der Waals surface area contributed by atoms with Crippen molar-refractivity contribution in [3.05, 3.63) is 66.3 Å². The third-order valence-electron chi connectivity index (χ3n) is 5.26. The van der Waals surface area contributed by atoms with Gasteiger partial charge in [0.05, 0.1) is 23.8 Å². The topological polar surface area (TPSA) is 105 Å². The lowest BCUT2D eigenvalue weighted by Gasteiger charge is -2.20. The van der Waals surface area contributed by atoms with E-state index in [1.807, 2.05) is 0 Å². The molecule has 0 bridgehead atoms. The Morgan fingerprint density at radius 3 is 2.69 bits per heavy atom. The minimum atomic E-state index is -0.649. The smallest absolute Gasteiger partial charge is 0.287 e. The van der Waals surface area contributed by atoms with Crippen LogP contribution in [0.2, 0.25) is 0 Å². The van der Waals surface area contributed by atoms with Gasteiger partial charge in [-0.1, -0.05) is 0 Å². The number of rotatable bonds is 3. The van der Waals surface area contributed by atoms with Crippen LogP contribution in [-0.2, 0) is 4.79 Å². The molecule has 0 spiro atoms. The summed E-state index contributed by atoms with van der Waals surface area (Å²) in [5.41, 5.74) is 1.62. The Balaban J connectivity index is 1.41. The summed E-state index contributed by atoms with van der Waals surface area (Å²) in [6, 6.07) is 11.0. The molecule has 146 valence electrons. The molecule has 2 N–H and O–H groups in total. The van der Waals surface area contributed by atoms with Crippen molar-refractivity contribution in [1.29, 1.82) is 0 Å². The molecule has 2 aromatic heterocycles. The van der Waals surface area contributed by atoms with Gasteiger partial charge in [0.15, 0.2) is 5.76 Å². The number of fused-ring (bicyclic) bond motifs is 2. The Bertz CT molecular complexity index is 1090. The fourth-order valence-corrected chi connectivity index (χ4v) is 3.87. The van der Waals surface area contributed by atoms with E-state index in [1.54, 1.807) is 48.7 Å². The van der Waals surface area contributed by atoms with Gasteiger partial charge in [-0.25, -0.2) is 0 Å². The van der Waals surface area contributed by atoms with Crippen molar-refractivity contribution < 1.29 is 23.2 Å². The van der Waals surface area contributed by atoms with Crippen LogP contribution in [0.25, 0.3) is 11.3 Å². The van der Waals surface area contributed by atoms with E-state index in [9.17, 15) is 14.4 Å². The van der Waals surface area contributed by atoms with Crippen molar-refractivity contribution >= 4 is 23.4 Å². The lowest BCUT2D eigenvalue weighted by Crippen LogP contribution is -2.41. The second kappa shape index (κ2) is 6.66. The van der Waals surface area contributed by atoms with E-state index >= 15 is 0 Å². The zero-order valence-electron chi connectivity index (χ0n) is 15.3. The SMILES string of the molecule is O=C(N[C@H]1C[C@H]2C(=O)Nc3ccc(-c4ccco4)cc3C(=O)N2C1)c1ccco1. The molecule has 2 aliphatic rings. The number of hydrogen-bond donors (Lipinski definition) is 2. The van der Waals surface area contributed by atoms with Gasteiger partial charge in [0.1, 0.15) is 11.8 Å². The van der Waals surface area contributed by atoms with E-state index in [2.05, 4.69) is 10.6 Å². The third-order valence-corrected chi connectivity index (χ3v) is 5.26. The predicted octanol–water partition coefficient (Wildman–Crippen LogP) is 2.50. The van der Waals surface area contributed by atoms with Gasteiger partial charge in [0.2, 0.25) is 5.91 Å². The molecule has 1 aromatic carbocycles. The Labute approximate surface area is 165 Å². The summed E-state index contributed by atoms with van der Waals surface area (Å²) in [7, 11) is 0. The summed E-state index contributed by atoms with van der Waals surface area (Å²) in [5, 5.41) is 5.67. The predicted molar refractivity (Wildman–Crippen MR) is 102 cm³/mol. The molecule has 5 rings (SSSR count). The molecule has 2 aliphatic heterocycles. The Hall–Kier alpha value is -3.81. The third kappa shape index (κ3) is 2.98. The second-order valence-electron chi connectivity index (χ2n) is 7.08. The van der Waals surface area contributed by atoms with E-state index in [4.69, 9.17) is 8.83 Å². The molecule has 0 aliphatic carbocycles. The maximum absolute atomic E-state index is 13.2. The van der Waals surface area contributed by atoms with Gasteiger partial charge >= 0.3 is 0 Å². The van der Waals surface area contributed by atoms with Gasteiger partial charge in [0.25, 0.3) is 11.8 Å². The molecule has 0 saturated carbocycles. The van der Waals surface area contributed by atoms with E-state index in [0.717, 1.165) is 5.56 Å². The molecule has 8 heteroatoms. The molecular formula is C21H17N3O5. The van der Waals surface area contributed by atoms with Crippen LogP contribution < -0.4 is 10.6 Å². The molecule has 1 saturated heterocycles. The molecular weight excluding hydrogens is 374 g/mol. The Morgan fingerprint density at radius 2 is 1.93 bits per heavy atom. The van der Waals surface area contributed by atoms with E-state index < -0.39 is 6.04 Å². The van der Waals surface area contributed by atoms with Crippen molar-refractivity contribution in [2.75, 3.05) is 11.9 Å². The van der Waals surface area contributed by atoms with E-state index in [0.29, 0.717) is 23.4 Å². The van der Waals surface area contributed by atoms with Crippen LogP contribution in [0, 0.1) is 0 Å². The van der Waals surface area contributed by atoms with Crippen molar-refractivity contribution in [2.45, 2.75) is 18.5 Å². The highest BCUT2D eigenvalue weighted by molar-refractivity contribution is 6.10. The number of carbonyl (C=O) groups is 3. The number of nitrogens with zero attached hydrogens (tertiary/aromatic N) is 1. The average molecular weight is 391 g/mol. The first kappa shape index (κ1) is 17.3. The highest BCUT2D eigenvalue weighted by Gasteiger charge is 2.43. The second-order valence-corrected chi connectivity index (χ2v) is 7.08. The summed E-state index contributed by atoms with van der Waals surface area (Å²) < 4.78 is 10.5. The van der Waals surface area contributed by atoms with Crippen molar-refractivity contribution in [3.8, 4) is 11.3 Å². The normalized spacial score (nSPS) is 20.6. The molecule has 1 fully saturated rings. The molecule has 3 amide bonds. The van der Waals surface area contributed by atoms with Gasteiger partial charge in [-0.15, -0.1) is 0 Å². The van der Waals surface area contributed by atoms with Gasteiger partial charge in [-0.2, -0.15) is 0 Å². The van der Waals surface area contributed by atoms with Gasteiger partial charge < -0.3 is 24.4 Å². The molecule has 2 atom stereocenters. The summed E-state index contributed by atoms with van der Waals surface area (Å²) in [5.74, 6) is -0.0656. The van der Waals surface area contributed by atoms with Gasteiger partial charge in [-0.3, -0.25) is 14.4 Å². The summed E-state index contributed by atoms with van der Waals surface area (Å²) in [6.07, 6.45) is 3.32. The highest BCUT2D eigenvalue weighted by atomic mass is 16.3. The minimum Gasteiger partial charge on any atom is -0.464 e. The van der Waals surface area contributed by atoms with Crippen LogP contribution in [-0.4, -0.2) is 41.2 Å². The number of furan rings is 2. The monoisotopic (exact) mass is 391 g/mol. The number of nitrogens with one attached hydrogen (secondary N) is 2. The average Bonchev–Trinajstić information content (AvgIpc) is 3.47. The first-order chi connectivity index (χ1) is 14.1. The summed E-state index contributed by atoms with van der Waals surface area (Å²) >= 11 is 0. The zero-order valence-corrected chi connectivity index (χ0v) is 15.3. The van der Waals surface area contributed by atoms with Crippen molar-refractivity contribution in [3.63, 3.8) is 0 Å². The maximum atomic E-state index is 13.2. The Kier molecular flexibility index (Phi) is 3.97. The fourth-order valence-electron chi connectivity index (χ4n) is 3.87. The number of anilines is 1. The standard InChI is InChI=1S/C21H17N3O5/c25-19-16-10-13(22-20(26)18-4-2-8-29-18)11-24(16)21(27)14-9-12(5-6-15(14)23-19)17-3-1-7-28-17/h1-9,13,16H,10-11H2,(H,22,26)(H,23,25)/t13-,16-/m0/s1. The number of carbonyl (C=O) groups excluding carboxylic acids is 3. The van der Waals surface area contributed by atoms with Crippen LogP contribution in [0.3, 0.4) is 0 Å². The highest BCUT2D eigenvalue weighted by Crippen LogP contribution is 2.32. The van der Waals surface area contributed by atoms with Crippen molar-refractivity contribution in [2.24, 2.45) is 0 Å². The van der Waals surface area contributed by atoms with Gasteiger partial charge in [-0.05, 0) is 48.9 Å². The largest absolute Gasteiger partial charge is 0.464 e. The van der Waals surface area contributed by atoms with Crippen LogP contribution in [0.1, 0.15) is 27.3 Å². The lowest BCUT2D eigenvalue weighted by molar-refractivity contribution is -0.119. The Morgan fingerprint density at radius 1 is 1.10 bits per heavy atom. The molecule has 29 heavy (non-hydrogen) atoms. The first-order valence-corrected chi connectivity index (χ1v) is 9.24. The fraction of sp³-hybridized carbons (Fsp3) is 0.190. The van der Waals surface area contributed by atoms with Crippen LogP contribution >= 0.6 is 0 Å². The van der Waals surface area contributed by atoms with Crippen molar-refractivity contribution in [1.82, 2.24) is 10.2 Å². The minimum absolute atomic E-state index is 0.191. The van der Waals surface area contributed by atoms with Gasteiger partial charge in [0, 0.05) is 18.2 Å². The number of amides is 3. The molecule has 3 aromatic rings. The van der Waals surface area contributed by atoms with Crippen LogP contribution in [0.4, 0.5) is 5.69 Å². The lowest BCUT2D eigenvalue weighted by atomic mass is 10.1. The van der Waals surface area contributed by atoms with E-state index in [-0.39, 0.29) is 36.1 Å².